The molecule has 5 heteroatoms. The third kappa shape index (κ3) is 56.4. The zero-order valence-electron chi connectivity index (χ0n) is 45.0. The maximum absolute atomic E-state index is 12.3. The van der Waals surface area contributed by atoms with Crippen LogP contribution in [0.25, 0.3) is 0 Å². The number of hydrogen-bond donors (Lipinski definition) is 1. The van der Waals surface area contributed by atoms with Gasteiger partial charge in [0.25, 0.3) is 0 Å². The van der Waals surface area contributed by atoms with Crippen LogP contribution in [-0.4, -0.2) is 36.4 Å². The minimum atomic E-state index is -0.790. The monoisotopic (exact) mass is 965 g/mol. The molecule has 0 spiro atoms. The SMILES string of the molecule is CC/C=C\C/C=C\C/C=C\C/C=C\C/C=C\C/C=C\C/C=C\CCCCCCCCCCCC(=O)OC(CO)COC(=O)CCCCCCCCCCC/C=C\C/C=C\C/C=C\C/C=C\C/C=C\CC. The molecular weight excluding hydrogens is 861 g/mol. The average Bonchev–Trinajstić information content (AvgIpc) is 3.36. The molecular formula is C65H104O5. The van der Waals surface area contributed by atoms with Crippen LogP contribution in [0.1, 0.15) is 232 Å². The van der Waals surface area contributed by atoms with Crippen LogP contribution in [0.3, 0.4) is 0 Å². The molecule has 0 saturated heterocycles. The van der Waals surface area contributed by atoms with Crippen LogP contribution in [0.2, 0.25) is 0 Å². The highest BCUT2D eigenvalue weighted by molar-refractivity contribution is 5.70. The third-order valence-electron chi connectivity index (χ3n) is 11.6. The highest BCUT2D eigenvalue weighted by Gasteiger charge is 2.16. The Hall–Kier alpha value is -4.22. The van der Waals surface area contributed by atoms with E-state index in [0.29, 0.717) is 12.8 Å². The van der Waals surface area contributed by atoms with Crippen molar-refractivity contribution in [1.29, 1.82) is 0 Å². The van der Waals surface area contributed by atoms with E-state index >= 15 is 0 Å². The summed E-state index contributed by atoms with van der Waals surface area (Å²) in [6.45, 7) is 3.90. The summed E-state index contributed by atoms with van der Waals surface area (Å²) in [4.78, 5) is 24.5. The van der Waals surface area contributed by atoms with E-state index in [9.17, 15) is 14.7 Å². The van der Waals surface area contributed by atoms with Gasteiger partial charge in [-0.2, -0.15) is 0 Å². The lowest BCUT2D eigenvalue weighted by molar-refractivity contribution is -0.161. The lowest BCUT2D eigenvalue weighted by atomic mass is 10.1. The second-order valence-corrected chi connectivity index (χ2v) is 18.2. The van der Waals surface area contributed by atoms with E-state index in [1.54, 1.807) is 0 Å². The number of ether oxygens (including phenoxy) is 2. The van der Waals surface area contributed by atoms with Crippen LogP contribution in [0, 0.1) is 0 Å². The molecule has 394 valence electrons. The highest BCUT2D eigenvalue weighted by atomic mass is 16.6. The molecule has 5 nitrogen and oxygen atoms in total. The molecule has 0 radical (unpaired) electrons. The van der Waals surface area contributed by atoms with Gasteiger partial charge in [-0.05, 0) is 116 Å². The molecule has 0 amide bonds. The van der Waals surface area contributed by atoms with Crippen LogP contribution in [-0.2, 0) is 19.1 Å². The summed E-state index contributed by atoms with van der Waals surface area (Å²) in [5.74, 6) is -0.613. The molecule has 0 heterocycles. The number of rotatable bonds is 50. The second-order valence-electron chi connectivity index (χ2n) is 18.2. The van der Waals surface area contributed by atoms with Crippen LogP contribution >= 0.6 is 0 Å². The summed E-state index contributed by atoms with van der Waals surface area (Å²) >= 11 is 0. The number of hydrogen-bond acceptors (Lipinski definition) is 5. The fraction of sp³-hybridized carbons (Fsp3) is 0.600. The van der Waals surface area contributed by atoms with Gasteiger partial charge >= 0.3 is 11.9 Å². The largest absolute Gasteiger partial charge is 0.462 e. The fourth-order valence-electron chi connectivity index (χ4n) is 7.44. The summed E-state index contributed by atoms with van der Waals surface area (Å²) in [5.41, 5.74) is 0. The predicted octanol–water partition coefficient (Wildman–Crippen LogP) is 19.4. The van der Waals surface area contributed by atoms with Gasteiger partial charge in [-0.1, -0.05) is 250 Å². The first kappa shape index (κ1) is 65.8. The first-order chi connectivity index (χ1) is 34.6. The van der Waals surface area contributed by atoms with Crippen molar-refractivity contribution in [2.75, 3.05) is 13.2 Å². The van der Waals surface area contributed by atoms with E-state index in [1.165, 1.54) is 83.5 Å². The van der Waals surface area contributed by atoms with E-state index in [1.807, 2.05) is 0 Å². The number of carbonyl (C=O) groups excluding carboxylic acids is 2. The number of esters is 2. The van der Waals surface area contributed by atoms with Crippen molar-refractivity contribution in [3.05, 3.63) is 146 Å². The summed E-state index contributed by atoms with van der Waals surface area (Å²) in [6.07, 6.45) is 89.5. The quantitative estimate of drug-likeness (QED) is 0.0374. The van der Waals surface area contributed by atoms with Gasteiger partial charge in [0, 0.05) is 12.8 Å². The van der Waals surface area contributed by atoms with Gasteiger partial charge in [-0.15, -0.1) is 0 Å². The zero-order chi connectivity index (χ0) is 50.6. The van der Waals surface area contributed by atoms with E-state index < -0.39 is 6.10 Å². The second kappa shape index (κ2) is 59.1. The average molecular weight is 966 g/mol. The number of aliphatic hydroxyl groups is 1. The molecule has 0 saturated carbocycles. The summed E-state index contributed by atoms with van der Waals surface area (Å²) in [7, 11) is 0. The number of aliphatic hydroxyl groups excluding tert-OH is 1. The van der Waals surface area contributed by atoms with E-state index in [4.69, 9.17) is 9.47 Å². The smallest absolute Gasteiger partial charge is 0.306 e. The van der Waals surface area contributed by atoms with Gasteiger partial charge in [0.2, 0.25) is 0 Å². The van der Waals surface area contributed by atoms with Gasteiger partial charge in [0.05, 0.1) is 6.61 Å². The molecule has 0 aliphatic heterocycles. The van der Waals surface area contributed by atoms with E-state index in [-0.39, 0.29) is 25.2 Å². The van der Waals surface area contributed by atoms with E-state index in [2.05, 4.69) is 160 Å². The molecule has 1 unspecified atom stereocenters. The lowest BCUT2D eigenvalue weighted by Gasteiger charge is -2.15. The molecule has 0 aromatic rings. The van der Waals surface area contributed by atoms with Gasteiger partial charge < -0.3 is 14.6 Å². The van der Waals surface area contributed by atoms with E-state index in [0.717, 1.165) is 122 Å². The van der Waals surface area contributed by atoms with Crippen molar-refractivity contribution < 1.29 is 24.2 Å². The number of carbonyl (C=O) groups is 2. The third-order valence-corrected chi connectivity index (χ3v) is 11.6. The van der Waals surface area contributed by atoms with Gasteiger partial charge in [-0.3, -0.25) is 9.59 Å². The minimum Gasteiger partial charge on any atom is -0.462 e. The summed E-state index contributed by atoms with van der Waals surface area (Å²) in [5, 5.41) is 9.66. The molecule has 0 aliphatic carbocycles. The van der Waals surface area contributed by atoms with Crippen molar-refractivity contribution in [3.8, 4) is 0 Å². The maximum atomic E-state index is 12.3. The Morgan fingerprint density at radius 2 is 0.571 bits per heavy atom. The van der Waals surface area contributed by atoms with Gasteiger partial charge in [0.15, 0.2) is 6.10 Å². The summed E-state index contributed by atoms with van der Waals surface area (Å²) in [6, 6.07) is 0. The lowest BCUT2D eigenvalue weighted by Crippen LogP contribution is -2.28. The number of unbranched alkanes of at least 4 members (excludes halogenated alkanes) is 18. The Morgan fingerprint density at radius 3 is 0.857 bits per heavy atom. The van der Waals surface area contributed by atoms with Crippen molar-refractivity contribution in [1.82, 2.24) is 0 Å². The zero-order valence-corrected chi connectivity index (χ0v) is 45.0. The van der Waals surface area contributed by atoms with Gasteiger partial charge in [-0.25, -0.2) is 0 Å². The standard InChI is InChI=1S/C65H104O5/c1-3-5-7-9-11-13-15-17-19-21-23-25-27-29-30-31-32-33-34-36-38-40-42-44-46-48-50-52-54-56-58-60-65(68)70-63(61-66)62-69-64(67)59-57-55-53-51-49-47-45-43-41-39-37-35-28-26-24-22-20-18-16-14-12-10-8-6-4-2/h5-8,11-14,17-20,23-26,29-30,32-33,35-38,63,66H,3-4,9-10,15-16,21-22,27-28,31,34,39-62H2,1-2H3/b7-5-,8-6-,13-11-,14-12-,19-17-,20-18-,25-23-,26-24-,30-29-,33-32-,37-35-,38-36-. The minimum absolute atomic E-state index is 0.0806. The van der Waals surface area contributed by atoms with Crippen molar-refractivity contribution in [3.63, 3.8) is 0 Å². The topological polar surface area (TPSA) is 72.8 Å². The van der Waals surface area contributed by atoms with Gasteiger partial charge in [0.1, 0.15) is 6.61 Å². The molecule has 0 aromatic heterocycles. The predicted molar refractivity (Wildman–Crippen MR) is 306 cm³/mol. The van der Waals surface area contributed by atoms with Crippen molar-refractivity contribution in [2.45, 2.75) is 238 Å². The van der Waals surface area contributed by atoms with Crippen LogP contribution in [0.15, 0.2) is 146 Å². The Bertz CT molecular complexity index is 1510. The molecule has 0 rings (SSSR count). The Labute approximate surface area is 431 Å². The Kier molecular flexibility index (Phi) is 55.5. The first-order valence-corrected chi connectivity index (χ1v) is 28.4. The summed E-state index contributed by atoms with van der Waals surface area (Å²) < 4.78 is 10.7. The highest BCUT2D eigenvalue weighted by Crippen LogP contribution is 2.14. The fourth-order valence-corrected chi connectivity index (χ4v) is 7.44. The number of allylic oxidation sites excluding steroid dienone is 24. The van der Waals surface area contributed by atoms with Crippen LogP contribution < -0.4 is 0 Å². The molecule has 0 aliphatic rings. The molecule has 0 aromatic carbocycles. The van der Waals surface area contributed by atoms with Crippen LogP contribution in [0.4, 0.5) is 0 Å². The normalized spacial score (nSPS) is 13.4. The molecule has 70 heavy (non-hydrogen) atoms. The molecule has 0 bridgehead atoms. The van der Waals surface area contributed by atoms with Crippen molar-refractivity contribution in [2.24, 2.45) is 0 Å². The molecule has 1 atom stereocenters. The Balaban J connectivity index is 3.59. The molecule has 1 N–H and O–H groups in total. The van der Waals surface area contributed by atoms with Crippen LogP contribution in [0.5, 0.6) is 0 Å². The first-order valence-electron chi connectivity index (χ1n) is 28.4. The maximum Gasteiger partial charge on any atom is 0.306 e. The molecule has 0 fully saturated rings. The Morgan fingerprint density at radius 1 is 0.329 bits per heavy atom. The van der Waals surface area contributed by atoms with Crippen molar-refractivity contribution >= 4 is 11.9 Å².